The van der Waals surface area contributed by atoms with Gasteiger partial charge in [-0.25, -0.2) is 0 Å². The number of carbonyl (C=O) groups excluding carboxylic acids is 1. The van der Waals surface area contributed by atoms with Crippen LogP contribution in [0.3, 0.4) is 0 Å². The number of hydrogen-bond acceptors (Lipinski definition) is 3. The van der Waals surface area contributed by atoms with Crippen molar-refractivity contribution in [1.82, 2.24) is 10.2 Å². The van der Waals surface area contributed by atoms with Crippen LogP contribution in [0.2, 0.25) is 0 Å². The summed E-state index contributed by atoms with van der Waals surface area (Å²) in [6.07, 6.45) is 7.84. The minimum absolute atomic E-state index is 0.0951. The molecule has 0 aromatic heterocycles. The van der Waals surface area contributed by atoms with Crippen LogP contribution in [0.5, 0.6) is 0 Å². The van der Waals surface area contributed by atoms with Crippen LogP contribution in [0.4, 0.5) is 0 Å². The van der Waals surface area contributed by atoms with E-state index in [2.05, 4.69) is 24.1 Å². The van der Waals surface area contributed by atoms with Gasteiger partial charge >= 0.3 is 0 Å². The molecule has 0 aromatic carbocycles. The Balaban J connectivity index is 1.68. The number of nitrogens with zero attached hydrogens (tertiary/aromatic N) is 1. The van der Waals surface area contributed by atoms with Gasteiger partial charge in [0, 0.05) is 31.1 Å². The van der Waals surface area contributed by atoms with Gasteiger partial charge in [0.1, 0.15) is 0 Å². The minimum Gasteiger partial charge on any atom is -0.375 e. The van der Waals surface area contributed by atoms with Crippen molar-refractivity contribution < 1.29 is 9.53 Å². The smallest absolute Gasteiger partial charge is 0.222 e. The molecule has 4 nitrogen and oxygen atoms in total. The summed E-state index contributed by atoms with van der Waals surface area (Å²) < 4.78 is 5.94. The first-order valence-corrected chi connectivity index (χ1v) is 9.15. The molecule has 128 valence electrons. The number of piperidine rings is 1. The number of nitrogens with one attached hydrogen (secondary N) is 1. The van der Waals surface area contributed by atoms with Gasteiger partial charge in [0.15, 0.2) is 0 Å². The second-order valence-corrected chi connectivity index (χ2v) is 7.59. The zero-order chi connectivity index (χ0) is 16.1. The molecule has 0 bridgehead atoms. The molecule has 2 rings (SSSR count). The van der Waals surface area contributed by atoms with Gasteiger partial charge < -0.3 is 15.0 Å². The Labute approximate surface area is 136 Å². The molecule has 1 aliphatic carbocycles. The van der Waals surface area contributed by atoms with Crippen molar-refractivity contribution in [2.45, 2.75) is 90.5 Å². The Hall–Kier alpha value is -0.610. The standard InChI is InChI=1S/C18H34N2O2/c1-13(2)18(21)19-15-5-7-16(8-6-15)20-11-9-17(10-12-20)22-14(3)4/h13-17H,5-12H2,1-4H3,(H,19,21). The summed E-state index contributed by atoms with van der Waals surface area (Å²) in [5.74, 6) is 0.299. The fourth-order valence-corrected chi connectivity index (χ4v) is 3.72. The van der Waals surface area contributed by atoms with E-state index < -0.39 is 0 Å². The van der Waals surface area contributed by atoms with Gasteiger partial charge in [-0.2, -0.15) is 0 Å². The molecule has 22 heavy (non-hydrogen) atoms. The first-order chi connectivity index (χ1) is 10.5. The SMILES string of the molecule is CC(C)OC1CCN(C2CCC(NC(=O)C(C)C)CC2)CC1. The molecule has 0 spiro atoms. The summed E-state index contributed by atoms with van der Waals surface area (Å²) in [7, 11) is 0. The number of hydrogen-bond donors (Lipinski definition) is 1. The number of carbonyl (C=O) groups is 1. The van der Waals surface area contributed by atoms with Crippen molar-refractivity contribution >= 4 is 5.91 Å². The van der Waals surface area contributed by atoms with Crippen LogP contribution < -0.4 is 5.32 Å². The van der Waals surface area contributed by atoms with Crippen molar-refractivity contribution in [1.29, 1.82) is 0 Å². The Morgan fingerprint density at radius 2 is 1.59 bits per heavy atom. The van der Waals surface area contributed by atoms with Crippen molar-refractivity contribution in [2.75, 3.05) is 13.1 Å². The molecule has 1 aliphatic heterocycles. The average Bonchev–Trinajstić information content (AvgIpc) is 2.48. The Bertz CT molecular complexity index is 341. The predicted molar refractivity (Wildman–Crippen MR) is 89.8 cm³/mol. The molecule has 0 unspecified atom stereocenters. The van der Waals surface area contributed by atoms with Crippen molar-refractivity contribution in [2.24, 2.45) is 5.92 Å². The second kappa shape index (κ2) is 8.30. The number of rotatable bonds is 5. The van der Waals surface area contributed by atoms with Crippen LogP contribution in [-0.2, 0) is 9.53 Å². The maximum atomic E-state index is 11.8. The molecule has 2 fully saturated rings. The third-order valence-corrected chi connectivity index (χ3v) is 5.03. The highest BCUT2D eigenvalue weighted by Gasteiger charge is 2.30. The first kappa shape index (κ1) is 17.7. The van der Waals surface area contributed by atoms with E-state index in [1.165, 1.54) is 38.8 Å². The summed E-state index contributed by atoms with van der Waals surface area (Å²) in [5.41, 5.74) is 0. The Morgan fingerprint density at radius 1 is 1.00 bits per heavy atom. The summed E-state index contributed by atoms with van der Waals surface area (Å²) in [6.45, 7) is 10.5. The lowest BCUT2D eigenvalue weighted by Gasteiger charge is -2.41. The highest BCUT2D eigenvalue weighted by molar-refractivity contribution is 5.78. The van der Waals surface area contributed by atoms with E-state index in [-0.39, 0.29) is 11.8 Å². The monoisotopic (exact) mass is 310 g/mol. The fourth-order valence-electron chi connectivity index (χ4n) is 3.72. The molecule has 4 heteroatoms. The molecule has 1 heterocycles. The molecule has 1 saturated heterocycles. The highest BCUT2D eigenvalue weighted by Crippen LogP contribution is 2.27. The van der Waals surface area contributed by atoms with E-state index in [1.54, 1.807) is 0 Å². The van der Waals surface area contributed by atoms with E-state index in [9.17, 15) is 4.79 Å². The summed E-state index contributed by atoms with van der Waals surface area (Å²) in [6, 6.07) is 1.11. The summed E-state index contributed by atoms with van der Waals surface area (Å²) in [4.78, 5) is 14.4. The Morgan fingerprint density at radius 3 is 2.09 bits per heavy atom. The lowest BCUT2D eigenvalue weighted by molar-refractivity contribution is -0.125. The van der Waals surface area contributed by atoms with Gasteiger partial charge in [0.2, 0.25) is 5.91 Å². The zero-order valence-electron chi connectivity index (χ0n) is 14.8. The lowest BCUT2D eigenvalue weighted by atomic mass is 9.88. The largest absolute Gasteiger partial charge is 0.375 e. The number of ether oxygens (including phenoxy) is 1. The molecular formula is C18H34N2O2. The summed E-state index contributed by atoms with van der Waals surface area (Å²) in [5, 5.41) is 3.19. The summed E-state index contributed by atoms with van der Waals surface area (Å²) >= 11 is 0. The average molecular weight is 310 g/mol. The maximum absolute atomic E-state index is 11.8. The Kier molecular flexibility index (Phi) is 6.69. The van der Waals surface area contributed by atoms with Crippen molar-refractivity contribution in [3.63, 3.8) is 0 Å². The molecule has 1 amide bonds. The molecule has 0 radical (unpaired) electrons. The highest BCUT2D eigenvalue weighted by atomic mass is 16.5. The lowest BCUT2D eigenvalue weighted by Crippen LogP contribution is -2.48. The van der Waals surface area contributed by atoms with E-state index in [1.807, 2.05) is 13.8 Å². The first-order valence-electron chi connectivity index (χ1n) is 9.15. The van der Waals surface area contributed by atoms with E-state index in [0.717, 1.165) is 12.8 Å². The van der Waals surface area contributed by atoms with Crippen LogP contribution in [0.15, 0.2) is 0 Å². The van der Waals surface area contributed by atoms with Gasteiger partial charge in [-0.1, -0.05) is 13.8 Å². The van der Waals surface area contributed by atoms with Gasteiger partial charge in [-0.3, -0.25) is 4.79 Å². The number of amides is 1. The minimum atomic E-state index is 0.0951. The van der Waals surface area contributed by atoms with Gasteiger partial charge in [0.05, 0.1) is 12.2 Å². The second-order valence-electron chi connectivity index (χ2n) is 7.59. The van der Waals surface area contributed by atoms with Crippen LogP contribution in [-0.4, -0.2) is 48.2 Å². The van der Waals surface area contributed by atoms with Gasteiger partial charge in [0.25, 0.3) is 0 Å². The number of likely N-dealkylation sites (tertiary alicyclic amines) is 1. The van der Waals surface area contributed by atoms with Crippen LogP contribution in [0.1, 0.15) is 66.2 Å². The van der Waals surface area contributed by atoms with Crippen molar-refractivity contribution in [3.05, 3.63) is 0 Å². The van der Waals surface area contributed by atoms with E-state index >= 15 is 0 Å². The molecular weight excluding hydrogens is 276 g/mol. The topological polar surface area (TPSA) is 41.6 Å². The fraction of sp³-hybridized carbons (Fsp3) is 0.944. The predicted octanol–water partition coefficient (Wildman–Crippen LogP) is 2.96. The molecule has 0 aromatic rings. The normalized spacial score (nSPS) is 28.3. The zero-order valence-corrected chi connectivity index (χ0v) is 14.8. The van der Waals surface area contributed by atoms with Gasteiger partial charge in [-0.05, 0) is 52.4 Å². The molecule has 2 aliphatic rings. The molecule has 1 saturated carbocycles. The van der Waals surface area contributed by atoms with Crippen LogP contribution in [0, 0.1) is 5.92 Å². The van der Waals surface area contributed by atoms with Crippen LogP contribution >= 0.6 is 0 Å². The maximum Gasteiger partial charge on any atom is 0.222 e. The van der Waals surface area contributed by atoms with Gasteiger partial charge in [-0.15, -0.1) is 0 Å². The van der Waals surface area contributed by atoms with E-state index in [4.69, 9.17) is 4.74 Å². The quantitative estimate of drug-likeness (QED) is 0.849. The van der Waals surface area contributed by atoms with Crippen molar-refractivity contribution in [3.8, 4) is 0 Å². The third-order valence-electron chi connectivity index (χ3n) is 5.03. The molecule has 1 N–H and O–H groups in total. The van der Waals surface area contributed by atoms with Crippen LogP contribution in [0.25, 0.3) is 0 Å². The molecule has 0 atom stereocenters. The van der Waals surface area contributed by atoms with E-state index in [0.29, 0.717) is 24.3 Å². The third kappa shape index (κ3) is 5.24.